The fourth-order valence-corrected chi connectivity index (χ4v) is 7.47. The molecule has 1 atom stereocenters. The fraction of sp³-hybridized carbons (Fsp3) is 0.333. The van der Waals surface area contributed by atoms with E-state index in [-0.39, 0.29) is 11.5 Å². The van der Waals surface area contributed by atoms with Crippen LogP contribution in [0.3, 0.4) is 0 Å². The van der Waals surface area contributed by atoms with Gasteiger partial charge < -0.3 is 10.6 Å². The Kier molecular flexibility index (Phi) is 5.79. The summed E-state index contributed by atoms with van der Waals surface area (Å²) in [5.41, 5.74) is 10.7. The second-order valence-electron chi connectivity index (χ2n) is 9.23. The highest BCUT2D eigenvalue weighted by molar-refractivity contribution is 8.02. The highest BCUT2D eigenvalue weighted by Crippen LogP contribution is 2.51. The molecule has 1 fully saturated rings. The van der Waals surface area contributed by atoms with Crippen LogP contribution in [-0.2, 0) is 6.42 Å². The van der Waals surface area contributed by atoms with Crippen molar-refractivity contribution >= 4 is 35.1 Å². The van der Waals surface area contributed by atoms with E-state index < -0.39 is 0 Å². The van der Waals surface area contributed by atoms with Crippen LogP contribution < -0.4 is 10.6 Å². The topological polar surface area (TPSA) is 59.5 Å². The molecular weight excluding hydrogens is 458 g/mol. The van der Waals surface area contributed by atoms with Crippen LogP contribution in [0.1, 0.15) is 36.9 Å². The third kappa shape index (κ3) is 3.70. The Balaban J connectivity index is 1.24. The van der Waals surface area contributed by atoms with Crippen molar-refractivity contribution < 1.29 is 0 Å². The van der Waals surface area contributed by atoms with Crippen molar-refractivity contribution in [1.29, 1.82) is 0 Å². The Bertz CT molecular complexity index is 1330. The van der Waals surface area contributed by atoms with Crippen LogP contribution >= 0.6 is 23.5 Å². The van der Waals surface area contributed by atoms with Gasteiger partial charge in [-0.05, 0) is 53.7 Å². The van der Waals surface area contributed by atoms with Crippen molar-refractivity contribution in [1.82, 2.24) is 14.4 Å². The normalized spacial score (nSPS) is 19.1. The standard InChI is InChI=1S/C27H29N5S2/c1-2-33-21-9-5-6-10-22(21)34-23-18-30-26(32-16-13-29-25(23)32)31-14-11-27(12-15-31)17-19-7-3-4-8-20(19)24(27)28/h3-10,13,16,18,24H,2,11-12,14-15,17,28H2,1H3/t24-/m1/s1. The summed E-state index contributed by atoms with van der Waals surface area (Å²) in [7, 11) is 0. The highest BCUT2D eigenvalue weighted by atomic mass is 32.2. The van der Waals surface area contributed by atoms with E-state index in [4.69, 9.17) is 15.7 Å². The van der Waals surface area contributed by atoms with Crippen molar-refractivity contribution in [3.63, 3.8) is 0 Å². The lowest BCUT2D eigenvalue weighted by Crippen LogP contribution is -2.45. The predicted octanol–water partition coefficient (Wildman–Crippen LogP) is 5.84. The van der Waals surface area contributed by atoms with E-state index in [0.29, 0.717) is 0 Å². The Morgan fingerprint density at radius 1 is 1.00 bits per heavy atom. The first-order valence-electron chi connectivity index (χ1n) is 12.0. The second kappa shape index (κ2) is 8.95. The summed E-state index contributed by atoms with van der Waals surface area (Å²) in [6.07, 6.45) is 9.17. The molecule has 1 spiro atoms. The molecule has 1 aliphatic heterocycles. The minimum atomic E-state index is 0.131. The monoisotopic (exact) mass is 487 g/mol. The van der Waals surface area contributed by atoms with Crippen LogP contribution in [0.25, 0.3) is 5.65 Å². The molecule has 2 aromatic carbocycles. The molecule has 0 saturated carbocycles. The zero-order valence-corrected chi connectivity index (χ0v) is 21.0. The smallest absolute Gasteiger partial charge is 0.211 e. The van der Waals surface area contributed by atoms with Crippen molar-refractivity contribution in [2.45, 2.75) is 46.9 Å². The van der Waals surface area contributed by atoms with E-state index >= 15 is 0 Å². The van der Waals surface area contributed by atoms with Gasteiger partial charge in [-0.15, -0.1) is 11.8 Å². The number of thioether (sulfide) groups is 1. The highest BCUT2D eigenvalue weighted by Gasteiger charge is 2.46. The number of nitrogens with two attached hydrogens (primary N) is 1. The average Bonchev–Trinajstić information content (AvgIpc) is 3.46. The molecule has 1 saturated heterocycles. The molecule has 3 heterocycles. The van der Waals surface area contributed by atoms with Gasteiger partial charge in [0.25, 0.3) is 0 Å². The number of anilines is 1. The number of imidazole rings is 1. The van der Waals surface area contributed by atoms with Gasteiger partial charge in [0.1, 0.15) is 0 Å². The molecule has 7 heteroatoms. The summed E-state index contributed by atoms with van der Waals surface area (Å²) in [5, 5.41) is 0. The quantitative estimate of drug-likeness (QED) is 0.357. The zero-order chi connectivity index (χ0) is 23.1. The Morgan fingerprint density at radius 2 is 1.76 bits per heavy atom. The Hall–Kier alpha value is -2.48. The van der Waals surface area contributed by atoms with Crippen LogP contribution in [0.15, 0.2) is 81.8 Å². The Morgan fingerprint density at radius 3 is 2.56 bits per heavy atom. The van der Waals surface area contributed by atoms with E-state index in [9.17, 15) is 0 Å². The molecule has 34 heavy (non-hydrogen) atoms. The first-order chi connectivity index (χ1) is 16.7. The SMILES string of the molecule is CCSc1ccccc1Sc1cnc(N2CCC3(CC2)Cc2ccccc2[C@H]3N)n2ccnc12. The first-order valence-corrected chi connectivity index (χ1v) is 13.8. The number of nitrogens with zero attached hydrogens (tertiary/aromatic N) is 4. The van der Waals surface area contributed by atoms with Crippen LogP contribution in [0.5, 0.6) is 0 Å². The maximum atomic E-state index is 6.79. The number of benzene rings is 2. The summed E-state index contributed by atoms with van der Waals surface area (Å²) in [4.78, 5) is 15.7. The second-order valence-corrected chi connectivity index (χ2v) is 11.6. The van der Waals surface area contributed by atoms with Gasteiger partial charge in [-0.1, -0.05) is 55.1 Å². The van der Waals surface area contributed by atoms with E-state index in [0.717, 1.165) is 54.6 Å². The maximum absolute atomic E-state index is 6.79. The summed E-state index contributed by atoms with van der Waals surface area (Å²) in [6.45, 7) is 4.12. The fourth-order valence-electron chi connectivity index (χ4n) is 5.57. The average molecular weight is 488 g/mol. The van der Waals surface area contributed by atoms with Gasteiger partial charge in [0, 0.05) is 47.5 Å². The van der Waals surface area contributed by atoms with Gasteiger partial charge in [-0.25, -0.2) is 9.97 Å². The number of fused-ring (bicyclic) bond motifs is 2. The van der Waals surface area contributed by atoms with Gasteiger partial charge in [-0.3, -0.25) is 4.40 Å². The van der Waals surface area contributed by atoms with E-state index in [2.05, 4.69) is 64.8 Å². The lowest BCUT2D eigenvalue weighted by molar-refractivity contribution is 0.186. The largest absolute Gasteiger partial charge is 0.342 e. The van der Waals surface area contributed by atoms with E-state index in [1.54, 1.807) is 11.8 Å². The summed E-state index contributed by atoms with van der Waals surface area (Å²) in [6, 6.07) is 17.4. The Labute approximate surface area is 209 Å². The minimum Gasteiger partial charge on any atom is -0.342 e. The third-order valence-corrected chi connectivity index (χ3v) is 9.55. The van der Waals surface area contributed by atoms with Crippen molar-refractivity contribution in [3.05, 3.63) is 78.2 Å². The first kappa shape index (κ1) is 22.0. The van der Waals surface area contributed by atoms with Gasteiger partial charge >= 0.3 is 0 Å². The molecule has 0 radical (unpaired) electrons. The lowest BCUT2D eigenvalue weighted by atomic mass is 9.73. The van der Waals surface area contributed by atoms with Gasteiger partial charge in [0.2, 0.25) is 5.95 Å². The molecule has 4 aromatic rings. The van der Waals surface area contributed by atoms with E-state index in [1.807, 2.05) is 30.4 Å². The molecule has 6 rings (SSSR count). The molecule has 2 N–H and O–H groups in total. The zero-order valence-electron chi connectivity index (χ0n) is 19.4. The van der Waals surface area contributed by atoms with Crippen molar-refractivity contribution in [3.8, 4) is 0 Å². The number of piperidine rings is 1. The van der Waals surface area contributed by atoms with Gasteiger partial charge in [-0.2, -0.15) is 0 Å². The number of hydrogen-bond donors (Lipinski definition) is 1. The molecule has 5 nitrogen and oxygen atoms in total. The molecule has 174 valence electrons. The number of aromatic nitrogens is 3. The third-order valence-electron chi connectivity index (χ3n) is 7.38. The van der Waals surface area contributed by atoms with Crippen LogP contribution in [0, 0.1) is 5.41 Å². The molecule has 2 aliphatic rings. The van der Waals surface area contributed by atoms with Crippen LogP contribution in [0.2, 0.25) is 0 Å². The van der Waals surface area contributed by atoms with Gasteiger partial charge in [0.05, 0.1) is 4.90 Å². The van der Waals surface area contributed by atoms with Gasteiger partial charge in [0.15, 0.2) is 5.65 Å². The van der Waals surface area contributed by atoms with E-state index in [1.165, 1.54) is 20.9 Å². The molecule has 1 aliphatic carbocycles. The predicted molar refractivity (Wildman–Crippen MR) is 141 cm³/mol. The molecular formula is C27H29N5S2. The number of rotatable bonds is 5. The molecule has 0 bridgehead atoms. The summed E-state index contributed by atoms with van der Waals surface area (Å²) < 4.78 is 2.15. The lowest BCUT2D eigenvalue weighted by Gasteiger charge is -2.42. The summed E-state index contributed by atoms with van der Waals surface area (Å²) in [5.74, 6) is 2.03. The van der Waals surface area contributed by atoms with Crippen LogP contribution in [0.4, 0.5) is 5.95 Å². The number of hydrogen-bond acceptors (Lipinski definition) is 6. The van der Waals surface area contributed by atoms with Crippen molar-refractivity contribution in [2.75, 3.05) is 23.7 Å². The summed E-state index contributed by atoms with van der Waals surface area (Å²) >= 11 is 3.62. The molecule has 0 amide bonds. The maximum Gasteiger partial charge on any atom is 0.211 e. The molecule has 0 unspecified atom stereocenters. The van der Waals surface area contributed by atoms with Crippen molar-refractivity contribution in [2.24, 2.45) is 11.1 Å². The van der Waals surface area contributed by atoms with Crippen LogP contribution in [-0.4, -0.2) is 33.2 Å². The molecule has 2 aromatic heterocycles. The minimum absolute atomic E-state index is 0.131.